The van der Waals surface area contributed by atoms with Gasteiger partial charge in [0, 0.05) is 5.02 Å². The first kappa shape index (κ1) is 12.9. The fraction of sp³-hybridized carbons (Fsp3) is 0.0769. The Kier molecular flexibility index (Phi) is 3.59. The number of benzene rings is 2. The van der Waals surface area contributed by atoms with Crippen LogP contribution in [-0.2, 0) is 10.1 Å². The zero-order valence-corrected chi connectivity index (χ0v) is 11.2. The molecule has 0 saturated heterocycles. The van der Waals surface area contributed by atoms with Crippen LogP contribution in [0.15, 0.2) is 48.5 Å². The van der Waals surface area contributed by atoms with Crippen molar-refractivity contribution in [1.29, 1.82) is 0 Å². The first-order chi connectivity index (χ1) is 8.44. The van der Waals surface area contributed by atoms with Crippen LogP contribution in [0.5, 0.6) is 5.75 Å². The van der Waals surface area contributed by atoms with Gasteiger partial charge >= 0.3 is 10.1 Å². The van der Waals surface area contributed by atoms with Gasteiger partial charge in [-0.25, -0.2) is 0 Å². The molecule has 3 nitrogen and oxygen atoms in total. The summed E-state index contributed by atoms with van der Waals surface area (Å²) < 4.78 is 26.9. The van der Waals surface area contributed by atoms with Gasteiger partial charge in [0.05, 0.1) is 6.26 Å². The summed E-state index contributed by atoms with van der Waals surface area (Å²) in [5.74, 6) is 0.296. The average molecular weight is 283 g/mol. The van der Waals surface area contributed by atoms with Crippen molar-refractivity contribution in [3.8, 4) is 16.9 Å². The van der Waals surface area contributed by atoms with Crippen molar-refractivity contribution in [2.24, 2.45) is 0 Å². The molecule has 0 aliphatic rings. The summed E-state index contributed by atoms with van der Waals surface area (Å²) in [6.45, 7) is 0. The maximum atomic E-state index is 11.1. The van der Waals surface area contributed by atoms with E-state index in [2.05, 4.69) is 0 Å². The van der Waals surface area contributed by atoms with Crippen molar-refractivity contribution in [1.82, 2.24) is 0 Å². The van der Waals surface area contributed by atoms with Crippen LogP contribution in [0.1, 0.15) is 0 Å². The predicted molar refractivity (Wildman–Crippen MR) is 72.4 cm³/mol. The lowest BCUT2D eigenvalue weighted by Gasteiger charge is -2.06. The molecule has 94 valence electrons. The Hall–Kier alpha value is -1.52. The highest BCUT2D eigenvalue weighted by Crippen LogP contribution is 2.25. The Morgan fingerprint density at radius 2 is 1.67 bits per heavy atom. The van der Waals surface area contributed by atoms with Gasteiger partial charge in [0.2, 0.25) is 0 Å². The molecule has 0 aliphatic heterocycles. The Morgan fingerprint density at radius 3 is 2.28 bits per heavy atom. The van der Waals surface area contributed by atoms with Crippen LogP contribution in [0.3, 0.4) is 0 Å². The van der Waals surface area contributed by atoms with E-state index < -0.39 is 10.1 Å². The van der Waals surface area contributed by atoms with E-state index >= 15 is 0 Å². The molecule has 0 aliphatic carbocycles. The van der Waals surface area contributed by atoms with Crippen molar-refractivity contribution < 1.29 is 12.6 Å². The fourth-order valence-electron chi connectivity index (χ4n) is 1.54. The van der Waals surface area contributed by atoms with Crippen molar-refractivity contribution in [3.05, 3.63) is 53.6 Å². The molecular formula is C13H11ClO3S. The van der Waals surface area contributed by atoms with E-state index in [4.69, 9.17) is 15.8 Å². The lowest BCUT2D eigenvalue weighted by atomic mass is 10.1. The second-order valence-electron chi connectivity index (χ2n) is 3.82. The largest absolute Gasteiger partial charge is 0.383 e. The lowest BCUT2D eigenvalue weighted by Crippen LogP contribution is -2.05. The van der Waals surface area contributed by atoms with Gasteiger partial charge in [0.1, 0.15) is 5.75 Å². The molecule has 5 heteroatoms. The summed E-state index contributed by atoms with van der Waals surface area (Å²) in [6, 6.07) is 14.2. The van der Waals surface area contributed by atoms with Crippen LogP contribution in [0, 0.1) is 0 Å². The highest BCUT2D eigenvalue weighted by Gasteiger charge is 2.05. The minimum absolute atomic E-state index is 0.296. The molecule has 0 atom stereocenters. The molecule has 0 N–H and O–H groups in total. The first-order valence-corrected chi connectivity index (χ1v) is 7.39. The normalized spacial score (nSPS) is 11.2. The van der Waals surface area contributed by atoms with Crippen molar-refractivity contribution >= 4 is 21.7 Å². The molecule has 0 radical (unpaired) electrons. The maximum Gasteiger partial charge on any atom is 0.306 e. The summed E-state index contributed by atoms with van der Waals surface area (Å²) in [7, 11) is -3.50. The number of halogens is 1. The lowest BCUT2D eigenvalue weighted by molar-refractivity contribution is 0.493. The van der Waals surface area contributed by atoms with Crippen LogP contribution >= 0.6 is 11.6 Å². The molecule has 0 unspecified atom stereocenters. The molecule has 0 heterocycles. The Morgan fingerprint density at radius 1 is 1.00 bits per heavy atom. The Balaban J connectivity index is 2.35. The van der Waals surface area contributed by atoms with E-state index in [1.807, 2.05) is 18.2 Å². The van der Waals surface area contributed by atoms with Gasteiger partial charge in [0.15, 0.2) is 0 Å². The van der Waals surface area contributed by atoms with Crippen molar-refractivity contribution in [2.75, 3.05) is 6.26 Å². The second-order valence-corrected chi connectivity index (χ2v) is 5.83. The van der Waals surface area contributed by atoms with Gasteiger partial charge in [-0.05, 0) is 35.4 Å². The summed E-state index contributed by atoms with van der Waals surface area (Å²) >= 11 is 5.81. The van der Waals surface area contributed by atoms with E-state index in [0.717, 1.165) is 17.4 Å². The van der Waals surface area contributed by atoms with E-state index in [0.29, 0.717) is 10.8 Å². The van der Waals surface area contributed by atoms with Gasteiger partial charge < -0.3 is 4.18 Å². The van der Waals surface area contributed by atoms with Crippen LogP contribution in [0.25, 0.3) is 11.1 Å². The van der Waals surface area contributed by atoms with Gasteiger partial charge in [0.25, 0.3) is 0 Å². The Labute approximate surface area is 111 Å². The average Bonchev–Trinajstić information content (AvgIpc) is 2.28. The molecule has 18 heavy (non-hydrogen) atoms. The fourth-order valence-corrected chi connectivity index (χ4v) is 2.12. The zero-order valence-electron chi connectivity index (χ0n) is 9.63. The third kappa shape index (κ3) is 3.48. The quantitative estimate of drug-likeness (QED) is 0.811. The summed E-state index contributed by atoms with van der Waals surface area (Å²) in [6.07, 6.45) is 1.02. The number of rotatable bonds is 3. The van der Waals surface area contributed by atoms with Gasteiger partial charge in [-0.1, -0.05) is 35.9 Å². The molecule has 0 spiro atoms. The molecule has 2 aromatic carbocycles. The third-order valence-electron chi connectivity index (χ3n) is 2.26. The topological polar surface area (TPSA) is 43.4 Å². The maximum absolute atomic E-state index is 11.1. The number of hydrogen-bond donors (Lipinski definition) is 0. The summed E-state index contributed by atoms with van der Waals surface area (Å²) in [5, 5.41) is 0.655. The van der Waals surface area contributed by atoms with Crippen LogP contribution in [0.4, 0.5) is 0 Å². The summed E-state index contributed by atoms with van der Waals surface area (Å²) in [5.41, 5.74) is 1.81. The van der Waals surface area contributed by atoms with Crippen LogP contribution in [0.2, 0.25) is 5.02 Å². The van der Waals surface area contributed by atoms with Crippen molar-refractivity contribution in [2.45, 2.75) is 0 Å². The van der Waals surface area contributed by atoms with E-state index in [9.17, 15) is 8.42 Å². The van der Waals surface area contributed by atoms with Crippen LogP contribution in [-0.4, -0.2) is 14.7 Å². The second kappa shape index (κ2) is 5.00. The first-order valence-electron chi connectivity index (χ1n) is 5.19. The molecular weight excluding hydrogens is 272 g/mol. The highest BCUT2D eigenvalue weighted by atomic mass is 35.5. The minimum Gasteiger partial charge on any atom is -0.383 e. The van der Waals surface area contributed by atoms with Crippen LogP contribution < -0.4 is 4.18 Å². The van der Waals surface area contributed by atoms with Gasteiger partial charge in [-0.2, -0.15) is 8.42 Å². The highest BCUT2D eigenvalue weighted by molar-refractivity contribution is 7.86. The standard InChI is InChI=1S/C13H11ClO3S/c1-18(15,16)17-13-4-2-3-11(9-13)10-5-7-12(14)8-6-10/h2-9H,1H3. The molecule has 0 amide bonds. The molecule has 2 aromatic rings. The van der Waals surface area contributed by atoms with E-state index in [1.54, 1.807) is 30.3 Å². The number of hydrogen-bond acceptors (Lipinski definition) is 3. The SMILES string of the molecule is CS(=O)(=O)Oc1cccc(-c2ccc(Cl)cc2)c1. The molecule has 0 bridgehead atoms. The van der Waals surface area contributed by atoms with E-state index in [1.165, 1.54) is 0 Å². The van der Waals surface area contributed by atoms with Gasteiger partial charge in [-0.15, -0.1) is 0 Å². The monoisotopic (exact) mass is 282 g/mol. The molecule has 0 aromatic heterocycles. The Bertz CT molecular complexity index is 648. The molecule has 0 saturated carbocycles. The zero-order chi connectivity index (χ0) is 13.2. The van der Waals surface area contributed by atoms with Gasteiger partial charge in [-0.3, -0.25) is 0 Å². The predicted octanol–water partition coefficient (Wildman–Crippen LogP) is 3.35. The van der Waals surface area contributed by atoms with E-state index in [-0.39, 0.29) is 0 Å². The molecule has 0 fully saturated rings. The minimum atomic E-state index is -3.50. The third-order valence-corrected chi connectivity index (χ3v) is 3.01. The smallest absolute Gasteiger partial charge is 0.306 e. The van der Waals surface area contributed by atoms with Crippen molar-refractivity contribution in [3.63, 3.8) is 0 Å². The molecule has 2 rings (SSSR count). The summed E-state index contributed by atoms with van der Waals surface area (Å²) in [4.78, 5) is 0.